The first kappa shape index (κ1) is 16.5. The molecule has 2 N–H and O–H groups in total. The van der Waals surface area contributed by atoms with Gasteiger partial charge in [-0.15, -0.1) is 0 Å². The number of carbonyl (C=O) groups excluding carboxylic acids is 1. The molecule has 0 saturated heterocycles. The molecule has 4 nitrogen and oxygen atoms in total. The van der Waals surface area contributed by atoms with Crippen LogP contribution in [-0.4, -0.2) is 25.2 Å². The van der Waals surface area contributed by atoms with Gasteiger partial charge in [0.2, 0.25) is 0 Å². The van der Waals surface area contributed by atoms with Crippen LogP contribution >= 0.6 is 0 Å². The Labute approximate surface area is 121 Å². The number of hydrogen-bond acceptors (Lipinski definition) is 4. The topological polar surface area (TPSA) is 61.5 Å². The van der Waals surface area contributed by atoms with E-state index in [1.54, 1.807) is 14.0 Å². The van der Waals surface area contributed by atoms with Crippen LogP contribution in [0.5, 0.6) is 5.75 Å². The predicted octanol–water partition coefficient (Wildman–Crippen LogP) is 2.71. The van der Waals surface area contributed by atoms with Crippen molar-refractivity contribution in [2.24, 2.45) is 11.7 Å². The highest BCUT2D eigenvalue weighted by molar-refractivity contribution is 5.75. The number of ether oxygens (including phenoxy) is 2. The fourth-order valence-corrected chi connectivity index (χ4v) is 2.46. The molecule has 0 aromatic heterocycles. The van der Waals surface area contributed by atoms with Gasteiger partial charge in [-0.1, -0.05) is 32.0 Å². The smallest absolute Gasteiger partial charge is 0.322 e. The summed E-state index contributed by atoms with van der Waals surface area (Å²) in [5.74, 6) is 0.809. The Balaban J connectivity index is 3.02. The fraction of sp³-hybridized carbons (Fsp3) is 0.562. The van der Waals surface area contributed by atoms with E-state index in [1.807, 2.05) is 31.2 Å². The molecule has 0 aliphatic heterocycles. The third-order valence-electron chi connectivity index (χ3n) is 3.40. The molecule has 0 spiro atoms. The van der Waals surface area contributed by atoms with Gasteiger partial charge in [-0.05, 0) is 25.8 Å². The maximum Gasteiger partial charge on any atom is 0.322 e. The zero-order valence-corrected chi connectivity index (χ0v) is 12.9. The average Bonchev–Trinajstić information content (AvgIpc) is 2.38. The van der Waals surface area contributed by atoms with E-state index in [2.05, 4.69) is 13.8 Å². The number of methoxy groups -OCH3 is 1. The fourth-order valence-electron chi connectivity index (χ4n) is 2.46. The van der Waals surface area contributed by atoms with Crippen molar-refractivity contribution in [3.05, 3.63) is 29.8 Å². The summed E-state index contributed by atoms with van der Waals surface area (Å²) in [7, 11) is 1.65. The summed E-state index contributed by atoms with van der Waals surface area (Å²) in [5.41, 5.74) is 6.61. The average molecular weight is 279 g/mol. The molecule has 0 fully saturated rings. The van der Waals surface area contributed by atoms with Gasteiger partial charge in [0.25, 0.3) is 0 Å². The standard InChI is InChI=1S/C16H25NO3/c1-10(2)15(12(4)20-16(18)11(3)17)13-8-6-7-9-14(13)19-5/h6-12,15H,17H2,1-5H3/t11-,12-,15+/m0/s1. The molecule has 112 valence electrons. The highest BCUT2D eigenvalue weighted by Gasteiger charge is 2.28. The number of benzene rings is 1. The molecule has 1 aromatic carbocycles. The van der Waals surface area contributed by atoms with Crippen molar-refractivity contribution >= 4 is 5.97 Å². The van der Waals surface area contributed by atoms with E-state index in [-0.39, 0.29) is 18.0 Å². The van der Waals surface area contributed by atoms with Crippen molar-refractivity contribution in [3.8, 4) is 5.75 Å². The molecule has 0 saturated carbocycles. The molecule has 0 radical (unpaired) electrons. The number of hydrogen-bond donors (Lipinski definition) is 1. The summed E-state index contributed by atoms with van der Waals surface area (Å²) in [4.78, 5) is 11.7. The van der Waals surface area contributed by atoms with Gasteiger partial charge in [0.15, 0.2) is 0 Å². The van der Waals surface area contributed by atoms with E-state index in [0.717, 1.165) is 11.3 Å². The van der Waals surface area contributed by atoms with Gasteiger partial charge in [0.05, 0.1) is 7.11 Å². The molecule has 4 heteroatoms. The van der Waals surface area contributed by atoms with Crippen LogP contribution in [0.1, 0.15) is 39.2 Å². The lowest BCUT2D eigenvalue weighted by molar-refractivity contribution is -0.151. The van der Waals surface area contributed by atoms with Gasteiger partial charge >= 0.3 is 5.97 Å². The van der Waals surface area contributed by atoms with Crippen LogP contribution in [0.2, 0.25) is 0 Å². The predicted molar refractivity (Wildman–Crippen MR) is 79.8 cm³/mol. The first-order chi connectivity index (χ1) is 9.38. The van der Waals surface area contributed by atoms with Crippen LogP contribution in [0.4, 0.5) is 0 Å². The summed E-state index contributed by atoms with van der Waals surface area (Å²) >= 11 is 0. The van der Waals surface area contributed by atoms with Crippen LogP contribution in [0.15, 0.2) is 24.3 Å². The van der Waals surface area contributed by atoms with E-state index in [9.17, 15) is 4.79 Å². The molecular weight excluding hydrogens is 254 g/mol. The van der Waals surface area contributed by atoms with Crippen LogP contribution in [0, 0.1) is 5.92 Å². The van der Waals surface area contributed by atoms with E-state index in [4.69, 9.17) is 15.2 Å². The molecule has 0 heterocycles. The van der Waals surface area contributed by atoms with Crippen molar-refractivity contribution in [3.63, 3.8) is 0 Å². The lowest BCUT2D eigenvalue weighted by Gasteiger charge is -2.29. The summed E-state index contributed by atoms with van der Waals surface area (Å²) < 4.78 is 10.9. The van der Waals surface area contributed by atoms with E-state index >= 15 is 0 Å². The Morgan fingerprint density at radius 3 is 2.25 bits per heavy atom. The minimum Gasteiger partial charge on any atom is -0.496 e. The number of para-hydroxylation sites is 1. The monoisotopic (exact) mass is 279 g/mol. The van der Waals surface area contributed by atoms with Gasteiger partial charge in [-0.25, -0.2) is 0 Å². The summed E-state index contributed by atoms with van der Waals surface area (Å²) in [6.45, 7) is 7.74. The van der Waals surface area contributed by atoms with Gasteiger partial charge in [-0.3, -0.25) is 4.79 Å². The first-order valence-electron chi connectivity index (χ1n) is 6.97. The Morgan fingerprint density at radius 1 is 1.15 bits per heavy atom. The number of carbonyl (C=O) groups is 1. The van der Waals surface area contributed by atoms with Crippen LogP contribution in [-0.2, 0) is 9.53 Å². The van der Waals surface area contributed by atoms with Crippen LogP contribution in [0.3, 0.4) is 0 Å². The van der Waals surface area contributed by atoms with Gasteiger partial charge in [0, 0.05) is 11.5 Å². The van der Waals surface area contributed by atoms with Crippen molar-refractivity contribution in [1.29, 1.82) is 0 Å². The normalized spacial score (nSPS) is 15.6. The summed E-state index contributed by atoms with van der Waals surface area (Å²) in [5, 5.41) is 0. The molecule has 0 unspecified atom stereocenters. The molecule has 1 rings (SSSR count). The zero-order chi connectivity index (χ0) is 15.3. The molecule has 1 aromatic rings. The quantitative estimate of drug-likeness (QED) is 0.813. The molecule has 0 bridgehead atoms. The number of nitrogens with two attached hydrogens (primary N) is 1. The number of esters is 1. The molecule has 0 aliphatic carbocycles. The minimum absolute atomic E-state index is 0.0637. The lowest BCUT2D eigenvalue weighted by Crippen LogP contribution is -2.34. The molecular formula is C16H25NO3. The van der Waals surface area contributed by atoms with Crippen molar-refractivity contribution in [2.45, 2.75) is 45.8 Å². The largest absolute Gasteiger partial charge is 0.496 e. The van der Waals surface area contributed by atoms with E-state index in [0.29, 0.717) is 5.92 Å². The second-order valence-electron chi connectivity index (χ2n) is 5.44. The highest BCUT2D eigenvalue weighted by Crippen LogP contribution is 2.35. The Bertz CT molecular complexity index is 443. The third kappa shape index (κ3) is 3.97. The van der Waals surface area contributed by atoms with Crippen LogP contribution < -0.4 is 10.5 Å². The van der Waals surface area contributed by atoms with Gasteiger partial charge < -0.3 is 15.2 Å². The zero-order valence-electron chi connectivity index (χ0n) is 12.9. The SMILES string of the molecule is COc1ccccc1[C@H](C(C)C)[C@H](C)OC(=O)[C@H](C)N. The molecule has 0 amide bonds. The second kappa shape index (κ2) is 7.29. The summed E-state index contributed by atoms with van der Waals surface area (Å²) in [6, 6.07) is 7.22. The molecule has 0 aliphatic rings. The van der Waals surface area contributed by atoms with E-state index in [1.165, 1.54) is 0 Å². The summed E-state index contributed by atoms with van der Waals surface area (Å²) in [6.07, 6.45) is -0.259. The second-order valence-corrected chi connectivity index (χ2v) is 5.44. The number of rotatable bonds is 6. The Morgan fingerprint density at radius 2 is 1.75 bits per heavy atom. The van der Waals surface area contributed by atoms with Crippen molar-refractivity contribution in [1.82, 2.24) is 0 Å². The first-order valence-corrected chi connectivity index (χ1v) is 6.97. The highest BCUT2D eigenvalue weighted by atomic mass is 16.5. The maximum atomic E-state index is 11.7. The maximum absolute atomic E-state index is 11.7. The van der Waals surface area contributed by atoms with E-state index < -0.39 is 6.04 Å². The van der Waals surface area contributed by atoms with Crippen molar-refractivity contribution in [2.75, 3.05) is 7.11 Å². The van der Waals surface area contributed by atoms with Gasteiger partial charge in [0.1, 0.15) is 17.9 Å². The molecule has 20 heavy (non-hydrogen) atoms. The Kier molecular flexibility index (Phi) is 6.02. The lowest BCUT2D eigenvalue weighted by atomic mass is 9.84. The molecule has 3 atom stereocenters. The third-order valence-corrected chi connectivity index (χ3v) is 3.40. The Hall–Kier alpha value is -1.55. The van der Waals surface area contributed by atoms with Crippen molar-refractivity contribution < 1.29 is 14.3 Å². The minimum atomic E-state index is -0.608. The van der Waals surface area contributed by atoms with Crippen LogP contribution in [0.25, 0.3) is 0 Å². The van der Waals surface area contributed by atoms with Gasteiger partial charge in [-0.2, -0.15) is 0 Å².